The van der Waals surface area contributed by atoms with Crippen molar-refractivity contribution in [3.05, 3.63) is 5.01 Å². The smallest absolute Gasteiger partial charge is 0.319 e. The molecule has 1 aliphatic rings. The average molecular weight is 382 g/mol. The Balaban J connectivity index is 1.84. The van der Waals surface area contributed by atoms with Gasteiger partial charge in [-0.1, -0.05) is 31.6 Å². The number of carbonyl (C=O) groups is 2. The fraction of sp³-hybridized carbons (Fsp3) is 0.778. The molecule has 2 heterocycles. The van der Waals surface area contributed by atoms with Crippen LogP contribution in [0, 0.1) is 5.92 Å². The van der Waals surface area contributed by atoms with Crippen LogP contribution in [0.5, 0.6) is 0 Å². The molecule has 1 atom stereocenters. The van der Waals surface area contributed by atoms with E-state index in [0.717, 1.165) is 17.8 Å². The van der Waals surface area contributed by atoms with Crippen molar-refractivity contribution >= 4 is 28.4 Å². The summed E-state index contributed by atoms with van der Waals surface area (Å²) in [6.45, 7) is 10.9. The first-order chi connectivity index (χ1) is 12.5. The van der Waals surface area contributed by atoms with Gasteiger partial charge in [0, 0.05) is 38.0 Å². The first-order valence-corrected chi connectivity index (χ1v) is 10.5. The van der Waals surface area contributed by atoms with Gasteiger partial charge >= 0.3 is 6.03 Å². The Morgan fingerprint density at radius 1 is 1.23 bits per heavy atom. The normalized spacial score (nSPS) is 16.4. The molecule has 1 aromatic rings. The summed E-state index contributed by atoms with van der Waals surface area (Å²) in [5.41, 5.74) is 0. The molecule has 0 saturated carbocycles. The number of rotatable bonds is 7. The monoisotopic (exact) mass is 381 g/mol. The number of nitrogens with one attached hydrogen (secondary N) is 1. The van der Waals surface area contributed by atoms with Crippen molar-refractivity contribution in [1.29, 1.82) is 0 Å². The highest BCUT2D eigenvalue weighted by Crippen LogP contribution is 2.27. The molecule has 0 aromatic carbocycles. The van der Waals surface area contributed by atoms with Crippen LogP contribution >= 0.6 is 11.3 Å². The Kier molecular flexibility index (Phi) is 7.81. The lowest BCUT2D eigenvalue weighted by atomic mass is 9.96. The Labute approximate surface area is 160 Å². The Morgan fingerprint density at radius 3 is 2.46 bits per heavy atom. The number of piperidine rings is 1. The lowest BCUT2D eigenvalue weighted by Crippen LogP contribution is -2.47. The molecule has 26 heavy (non-hydrogen) atoms. The summed E-state index contributed by atoms with van der Waals surface area (Å²) in [7, 11) is 0. The molecule has 1 aromatic heterocycles. The molecular weight excluding hydrogens is 350 g/mol. The average Bonchev–Trinajstić information content (AvgIpc) is 3.11. The van der Waals surface area contributed by atoms with E-state index in [4.69, 9.17) is 0 Å². The summed E-state index contributed by atoms with van der Waals surface area (Å²) in [5, 5.41) is 12.8. The number of aromatic nitrogens is 2. The number of anilines is 1. The second-order valence-electron chi connectivity index (χ2n) is 6.84. The highest BCUT2D eigenvalue weighted by molar-refractivity contribution is 7.15. The van der Waals surface area contributed by atoms with Crippen LogP contribution in [-0.2, 0) is 4.79 Å². The lowest BCUT2D eigenvalue weighted by Gasteiger charge is -2.34. The van der Waals surface area contributed by atoms with Crippen LogP contribution < -0.4 is 5.32 Å². The van der Waals surface area contributed by atoms with Gasteiger partial charge in [-0.2, -0.15) is 0 Å². The fourth-order valence-electron chi connectivity index (χ4n) is 3.28. The van der Waals surface area contributed by atoms with Crippen molar-refractivity contribution in [2.24, 2.45) is 5.92 Å². The van der Waals surface area contributed by atoms with E-state index in [-0.39, 0.29) is 17.9 Å². The van der Waals surface area contributed by atoms with E-state index in [2.05, 4.69) is 29.4 Å². The highest BCUT2D eigenvalue weighted by atomic mass is 32.1. The third kappa shape index (κ3) is 5.16. The van der Waals surface area contributed by atoms with E-state index < -0.39 is 0 Å². The zero-order chi connectivity index (χ0) is 19.1. The zero-order valence-corrected chi connectivity index (χ0v) is 17.1. The van der Waals surface area contributed by atoms with Crippen LogP contribution in [0.2, 0.25) is 0 Å². The van der Waals surface area contributed by atoms with Crippen LogP contribution in [0.4, 0.5) is 9.93 Å². The molecule has 1 aliphatic heterocycles. The van der Waals surface area contributed by atoms with E-state index in [9.17, 15) is 9.59 Å². The third-order valence-corrected chi connectivity index (χ3v) is 6.05. The van der Waals surface area contributed by atoms with Crippen molar-refractivity contribution in [2.45, 2.75) is 59.3 Å². The van der Waals surface area contributed by atoms with E-state index in [1.807, 2.05) is 23.6 Å². The van der Waals surface area contributed by atoms with Crippen molar-refractivity contribution in [3.63, 3.8) is 0 Å². The third-order valence-electron chi connectivity index (χ3n) is 4.98. The van der Waals surface area contributed by atoms with Crippen LogP contribution in [0.15, 0.2) is 0 Å². The molecule has 1 saturated heterocycles. The SMILES string of the molecule is CCCC(C)c1nnc(NC(=O)C2CCN(C(=O)N(CC)CC)CC2)s1. The minimum absolute atomic E-state index is 0.00853. The Hall–Kier alpha value is -1.70. The van der Waals surface area contributed by atoms with Gasteiger partial charge in [0.25, 0.3) is 0 Å². The van der Waals surface area contributed by atoms with Crippen LogP contribution in [-0.4, -0.2) is 58.1 Å². The second-order valence-corrected chi connectivity index (χ2v) is 7.85. The van der Waals surface area contributed by atoms with Gasteiger partial charge in [-0.05, 0) is 33.1 Å². The molecule has 3 amide bonds. The Bertz CT molecular complexity index is 594. The molecule has 8 heteroatoms. The van der Waals surface area contributed by atoms with Crippen molar-refractivity contribution < 1.29 is 9.59 Å². The van der Waals surface area contributed by atoms with Gasteiger partial charge < -0.3 is 15.1 Å². The number of urea groups is 1. The molecule has 0 bridgehead atoms. The minimum atomic E-state index is -0.0730. The number of likely N-dealkylation sites (tertiary alicyclic amines) is 1. The highest BCUT2D eigenvalue weighted by Gasteiger charge is 2.29. The van der Waals surface area contributed by atoms with Crippen LogP contribution in [0.1, 0.15) is 64.3 Å². The van der Waals surface area contributed by atoms with Crippen LogP contribution in [0.3, 0.4) is 0 Å². The largest absolute Gasteiger partial charge is 0.325 e. The number of carbonyl (C=O) groups excluding carboxylic acids is 2. The fourth-order valence-corrected chi connectivity index (χ4v) is 4.11. The molecule has 0 spiro atoms. The lowest BCUT2D eigenvalue weighted by molar-refractivity contribution is -0.121. The molecular formula is C18H31N5O2S. The maximum Gasteiger partial charge on any atom is 0.319 e. The quantitative estimate of drug-likeness (QED) is 0.783. The predicted molar refractivity (Wildman–Crippen MR) is 104 cm³/mol. The van der Waals surface area contributed by atoms with Gasteiger partial charge in [0.15, 0.2) is 0 Å². The molecule has 1 N–H and O–H groups in total. The maximum atomic E-state index is 12.5. The first kappa shape index (κ1) is 20.6. The molecule has 1 fully saturated rings. The zero-order valence-electron chi connectivity index (χ0n) is 16.3. The van der Waals surface area contributed by atoms with E-state index in [1.54, 1.807) is 0 Å². The number of amides is 3. The van der Waals surface area contributed by atoms with Crippen LogP contribution in [0.25, 0.3) is 0 Å². The summed E-state index contributed by atoms with van der Waals surface area (Å²) < 4.78 is 0. The number of hydrogen-bond donors (Lipinski definition) is 1. The second kappa shape index (κ2) is 9.85. The van der Waals surface area contributed by atoms with Gasteiger partial charge in [0.1, 0.15) is 5.01 Å². The van der Waals surface area contributed by atoms with Gasteiger partial charge in [-0.3, -0.25) is 4.79 Å². The molecule has 0 radical (unpaired) electrons. The van der Waals surface area contributed by atoms with Gasteiger partial charge in [-0.15, -0.1) is 10.2 Å². The van der Waals surface area contributed by atoms with Crippen molar-refractivity contribution in [3.8, 4) is 0 Å². The summed E-state index contributed by atoms with van der Waals surface area (Å²) in [4.78, 5) is 28.6. The van der Waals surface area contributed by atoms with Gasteiger partial charge in [0.05, 0.1) is 0 Å². The molecule has 7 nitrogen and oxygen atoms in total. The maximum absolute atomic E-state index is 12.5. The summed E-state index contributed by atoms with van der Waals surface area (Å²) in [5.74, 6) is 0.291. The van der Waals surface area contributed by atoms with E-state index in [1.165, 1.54) is 11.3 Å². The summed E-state index contributed by atoms with van der Waals surface area (Å²) in [6.07, 6.45) is 3.56. The summed E-state index contributed by atoms with van der Waals surface area (Å²) >= 11 is 1.46. The van der Waals surface area contributed by atoms with Gasteiger partial charge in [-0.25, -0.2) is 4.79 Å². The van der Waals surface area contributed by atoms with Crippen molar-refractivity contribution in [2.75, 3.05) is 31.5 Å². The standard InChI is InChI=1S/C18H31N5O2S/c1-5-8-13(4)16-20-21-17(26-16)19-15(24)14-9-11-23(12-10-14)18(25)22(6-2)7-3/h13-14H,5-12H2,1-4H3,(H,19,21,24). The first-order valence-electron chi connectivity index (χ1n) is 9.68. The molecule has 146 valence electrons. The predicted octanol–water partition coefficient (Wildman–Crippen LogP) is 3.55. The molecule has 2 rings (SSSR count). The van der Waals surface area contributed by atoms with Crippen molar-refractivity contribution in [1.82, 2.24) is 20.0 Å². The Morgan fingerprint density at radius 2 is 1.88 bits per heavy atom. The topological polar surface area (TPSA) is 78.4 Å². The van der Waals surface area contributed by atoms with Gasteiger partial charge in [0.2, 0.25) is 11.0 Å². The minimum Gasteiger partial charge on any atom is -0.325 e. The number of hydrogen-bond acceptors (Lipinski definition) is 5. The molecule has 0 aliphatic carbocycles. The molecule has 1 unspecified atom stereocenters. The summed E-state index contributed by atoms with van der Waals surface area (Å²) in [6, 6.07) is 0.0764. The van der Waals surface area contributed by atoms with E-state index >= 15 is 0 Å². The number of nitrogens with zero attached hydrogens (tertiary/aromatic N) is 4. The van der Waals surface area contributed by atoms with E-state index in [0.29, 0.717) is 50.1 Å².